The first kappa shape index (κ1) is 19.8. The summed E-state index contributed by atoms with van der Waals surface area (Å²) in [6.45, 7) is 3.90. The van der Waals surface area contributed by atoms with E-state index in [1.165, 1.54) is 6.42 Å². The maximum Gasteiger partial charge on any atom is 0.255 e. The number of unbranched alkanes of at least 4 members (excludes halogenated alkanes) is 2. The maximum absolute atomic E-state index is 12.3. The topological polar surface area (TPSA) is 56.8 Å². The van der Waals surface area contributed by atoms with Gasteiger partial charge in [0.15, 0.2) is 0 Å². The molecular weight excluding hydrogens is 330 g/mol. The Morgan fingerprint density at radius 3 is 2.08 bits per heavy atom. The van der Waals surface area contributed by atoms with Crippen LogP contribution in [0.1, 0.15) is 36.5 Å². The van der Waals surface area contributed by atoms with Crippen LogP contribution in [0.4, 0.5) is 5.69 Å². The molecule has 26 heavy (non-hydrogen) atoms. The summed E-state index contributed by atoms with van der Waals surface area (Å²) in [5.41, 5.74) is 1.31. The summed E-state index contributed by atoms with van der Waals surface area (Å²) >= 11 is 0. The molecule has 0 atom stereocenters. The summed E-state index contributed by atoms with van der Waals surface area (Å²) in [6, 6.07) is 14.5. The van der Waals surface area contributed by atoms with Gasteiger partial charge < -0.3 is 19.5 Å². The molecule has 5 heteroatoms. The van der Waals surface area contributed by atoms with Crippen LogP contribution in [0.25, 0.3) is 0 Å². The predicted molar refractivity (Wildman–Crippen MR) is 103 cm³/mol. The number of hydrogen-bond acceptors (Lipinski definition) is 4. The number of nitrogens with one attached hydrogen (secondary N) is 1. The van der Waals surface area contributed by atoms with Gasteiger partial charge in [0.25, 0.3) is 5.91 Å². The van der Waals surface area contributed by atoms with E-state index in [0.29, 0.717) is 31.1 Å². The number of benzene rings is 2. The van der Waals surface area contributed by atoms with Gasteiger partial charge in [-0.15, -0.1) is 0 Å². The van der Waals surface area contributed by atoms with E-state index in [1.807, 2.05) is 36.4 Å². The fraction of sp³-hybridized carbons (Fsp3) is 0.381. The Hall–Kier alpha value is -2.53. The van der Waals surface area contributed by atoms with Crippen LogP contribution in [0.5, 0.6) is 11.5 Å². The summed E-state index contributed by atoms with van der Waals surface area (Å²) in [6.07, 6.45) is 3.38. The van der Waals surface area contributed by atoms with Gasteiger partial charge in [0, 0.05) is 18.4 Å². The Kier molecular flexibility index (Phi) is 8.49. The van der Waals surface area contributed by atoms with Crippen molar-refractivity contribution in [3.05, 3.63) is 54.1 Å². The largest absolute Gasteiger partial charge is 0.494 e. The van der Waals surface area contributed by atoms with Crippen LogP contribution >= 0.6 is 0 Å². The Morgan fingerprint density at radius 2 is 1.46 bits per heavy atom. The van der Waals surface area contributed by atoms with Gasteiger partial charge in [0.05, 0.1) is 13.2 Å². The van der Waals surface area contributed by atoms with Gasteiger partial charge in [-0.1, -0.05) is 19.8 Å². The van der Waals surface area contributed by atoms with Gasteiger partial charge in [-0.3, -0.25) is 4.79 Å². The van der Waals surface area contributed by atoms with Crippen LogP contribution in [0.15, 0.2) is 48.5 Å². The van der Waals surface area contributed by atoms with Crippen LogP contribution in [0.3, 0.4) is 0 Å². The van der Waals surface area contributed by atoms with E-state index >= 15 is 0 Å². The van der Waals surface area contributed by atoms with E-state index in [9.17, 15) is 4.79 Å². The van der Waals surface area contributed by atoms with Gasteiger partial charge in [-0.2, -0.15) is 0 Å². The van der Waals surface area contributed by atoms with E-state index in [2.05, 4.69) is 12.2 Å². The number of rotatable bonds is 11. The molecule has 2 aromatic carbocycles. The van der Waals surface area contributed by atoms with Gasteiger partial charge in [0.2, 0.25) is 0 Å². The smallest absolute Gasteiger partial charge is 0.255 e. The van der Waals surface area contributed by atoms with Crippen molar-refractivity contribution in [2.24, 2.45) is 0 Å². The standard InChI is InChI=1S/C21H27NO4/c1-3-4-5-14-25-19-10-6-17(7-11-19)21(23)22-18-8-12-20(13-9-18)26-16-15-24-2/h6-13H,3-5,14-16H2,1-2H3,(H,22,23). The minimum atomic E-state index is -0.157. The molecular formula is C21H27NO4. The van der Waals surface area contributed by atoms with Gasteiger partial charge in [0.1, 0.15) is 18.1 Å². The second kappa shape index (κ2) is 11.2. The highest BCUT2D eigenvalue weighted by atomic mass is 16.5. The number of carbonyl (C=O) groups is 1. The lowest BCUT2D eigenvalue weighted by Gasteiger charge is -2.09. The average molecular weight is 357 g/mol. The molecule has 2 rings (SSSR count). The third-order valence-electron chi connectivity index (χ3n) is 3.80. The first-order valence-corrected chi connectivity index (χ1v) is 8.99. The monoisotopic (exact) mass is 357 g/mol. The highest BCUT2D eigenvalue weighted by Gasteiger charge is 2.06. The third-order valence-corrected chi connectivity index (χ3v) is 3.80. The highest BCUT2D eigenvalue weighted by Crippen LogP contribution is 2.18. The number of ether oxygens (including phenoxy) is 3. The quantitative estimate of drug-likeness (QED) is 0.600. The first-order chi connectivity index (χ1) is 12.7. The van der Waals surface area contributed by atoms with E-state index in [4.69, 9.17) is 14.2 Å². The molecule has 1 N–H and O–H groups in total. The fourth-order valence-electron chi connectivity index (χ4n) is 2.33. The molecule has 5 nitrogen and oxygen atoms in total. The van der Waals surface area contributed by atoms with Crippen molar-refractivity contribution in [1.29, 1.82) is 0 Å². The molecule has 0 saturated carbocycles. The molecule has 1 amide bonds. The van der Waals surface area contributed by atoms with Crippen LogP contribution in [0.2, 0.25) is 0 Å². The Balaban J connectivity index is 1.83. The zero-order valence-electron chi connectivity index (χ0n) is 15.5. The molecule has 0 bridgehead atoms. The normalized spacial score (nSPS) is 10.4. The van der Waals surface area contributed by atoms with Gasteiger partial charge >= 0.3 is 0 Å². The van der Waals surface area contributed by atoms with E-state index in [1.54, 1.807) is 19.2 Å². The SMILES string of the molecule is CCCCCOc1ccc(C(=O)Nc2ccc(OCCOC)cc2)cc1. The Bertz CT molecular complexity index is 653. The number of methoxy groups -OCH3 is 1. The van der Waals surface area contributed by atoms with Crippen LogP contribution in [-0.4, -0.2) is 32.8 Å². The van der Waals surface area contributed by atoms with Crippen molar-refractivity contribution < 1.29 is 19.0 Å². The van der Waals surface area contributed by atoms with Crippen LogP contribution in [0, 0.1) is 0 Å². The predicted octanol–water partition coefficient (Wildman–Crippen LogP) is 4.53. The fourth-order valence-corrected chi connectivity index (χ4v) is 2.33. The maximum atomic E-state index is 12.3. The summed E-state index contributed by atoms with van der Waals surface area (Å²) < 4.78 is 16.1. The van der Waals surface area contributed by atoms with Crippen molar-refractivity contribution in [1.82, 2.24) is 0 Å². The lowest BCUT2D eigenvalue weighted by molar-refractivity contribution is 0.102. The molecule has 0 heterocycles. The molecule has 0 unspecified atom stereocenters. The van der Waals surface area contributed by atoms with Crippen molar-refractivity contribution in [3.8, 4) is 11.5 Å². The molecule has 0 fully saturated rings. The molecule has 0 aromatic heterocycles. The van der Waals surface area contributed by atoms with E-state index < -0.39 is 0 Å². The molecule has 0 saturated heterocycles. The average Bonchev–Trinajstić information content (AvgIpc) is 2.67. The molecule has 0 aliphatic carbocycles. The zero-order chi connectivity index (χ0) is 18.6. The Labute approximate surface area is 155 Å². The summed E-state index contributed by atoms with van der Waals surface area (Å²) in [7, 11) is 1.63. The van der Waals surface area contributed by atoms with Crippen molar-refractivity contribution in [3.63, 3.8) is 0 Å². The molecule has 0 aliphatic rings. The van der Waals surface area contributed by atoms with E-state index in [0.717, 1.165) is 24.3 Å². The number of anilines is 1. The second-order valence-electron chi connectivity index (χ2n) is 5.90. The lowest BCUT2D eigenvalue weighted by Crippen LogP contribution is -2.11. The lowest BCUT2D eigenvalue weighted by atomic mass is 10.2. The van der Waals surface area contributed by atoms with Gasteiger partial charge in [-0.05, 0) is 55.0 Å². The van der Waals surface area contributed by atoms with Crippen LogP contribution < -0.4 is 14.8 Å². The van der Waals surface area contributed by atoms with Crippen LogP contribution in [-0.2, 0) is 4.74 Å². The van der Waals surface area contributed by atoms with E-state index in [-0.39, 0.29) is 5.91 Å². The van der Waals surface area contributed by atoms with Crippen molar-refractivity contribution >= 4 is 11.6 Å². The third kappa shape index (κ3) is 6.76. The number of hydrogen-bond donors (Lipinski definition) is 1. The highest BCUT2D eigenvalue weighted by molar-refractivity contribution is 6.04. The summed E-state index contributed by atoms with van der Waals surface area (Å²) in [5.74, 6) is 1.37. The number of amides is 1. The zero-order valence-corrected chi connectivity index (χ0v) is 15.5. The summed E-state index contributed by atoms with van der Waals surface area (Å²) in [5, 5.41) is 2.87. The minimum Gasteiger partial charge on any atom is -0.494 e. The molecule has 0 radical (unpaired) electrons. The Morgan fingerprint density at radius 1 is 0.846 bits per heavy atom. The minimum absolute atomic E-state index is 0.157. The second-order valence-corrected chi connectivity index (χ2v) is 5.90. The number of carbonyl (C=O) groups excluding carboxylic acids is 1. The molecule has 0 spiro atoms. The molecule has 0 aliphatic heterocycles. The summed E-state index contributed by atoms with van der Waals surface area (Å²) in [4.78, 5) is 12.3. The van der Waals surface area contributed by atoms with Gasteiger partial charge in [-0.25, -0.2) is 0 Å². The van der Waals surface area contributed by atoms with Crippen molar-refractivity contribution in [2.45, 2.75) is 26.2 Å². The molecule has 140 valence electrons. The first-order valence-electron chi connectivity index (χ1n) is 8.99. The van der Waals surface area contributed by atoms with Crippen molar-refractivity contribution in [2.75, 3.05) is 32.2 Å². The molecule has 2 aromatic rings.